The second kappa shape index (κ2) is 10.7. The molecular weight excluding hydrogens is 536 g/mol. The van der Waals surface area contributed by atoms with Crippen molar-refractivity contribution in [2.45, 2.75) is 19.0 Å². The highest BCUT2D eigenvalue weighted by Crippen LogP contribution is 2.21. The summed E-state index contributed by atoms with van der Waals surface area (Å²) in [6.07, 6.45) is 2.44. The van der Waals surface area contributed by atoms with Gasteiger partial charge < -0.3 is 20.1 Å². The van der Waals surface area contributed by atoms with E-state index < -0.39 is 0 Å². The average molecular weight is 558 g/mol. The summed E-state index contributed by atoms with van der Waals surface area (Å²) in [5.74, 6) is 1.61. The second-order valence-corrected chi connectivity index (χ2v) is 7.27. The Morgan fingerprint density at radius 1 is 1.32 bits per heavy atom. The number of guanidine groups is 1. The van der Waals surface area contributed by atoms with E-state index in [1.165, 1.54) is 6.07 Å². The Morgan fingerprint density at radius 3 is 2.87 bits per heavy atom. The summed E-state index contributed by atoms with van der Waals surface area (Å²) >= 11 is 5.91. The van der Waals surface area contributed by atoms with E-state index >= 15 is 0 Å². The van der Waals surface area contributed by atoms with E-state index in [0.29, 0.717) is 41.6 Å². The first-order valence-corrected chi connectivity index (χ1v) is 9.91. The van der Waals surface area contributed by atoms with Crippen LogP contribution in [0.2, 0.25) is 5.02 Å². The number of anilines is 1. The molecule has 2 N–H and O–H groups in total. The van der Waals surface area contributed by atoms with Crippen molar-refractivity contribution in [3.8, 4) is 11.4 Å². The third-order valence-electron chi connectivity index (χ3n) is 4.77. The van der Waals surface area contributed by atoms with E-state index in [1.807, 2.05) is 17.0 Å². The van der Waals surface area contributed by atoms with E-state index in [4.69, 9.17) is 16.1 Å². The number of aliphatic imine (C=N–C) groups is 1. The number of halogens is 3. The van der Waals surface area contributed by atoms with Crippen LogP contribution in [0.3, 0.4) is 0 Å². The zero-order chi connectivity index (χ0) is 20.9. The summed E-state index contributed by atoms with van der Waals surface area (Å²) in [6, 6.07) is 10.3. The highest BCUT2D eigenvalue weighted by molar-refractivity contribution is 14.0. The van der Waals surface area contributed by atoms with Crippen LogP contribution in [0.15, 0.2) is 52.1 Å². The SMILES string of the molecule is CN=C(NCc1nc(-c2ccc(Cl)cc2)no1)NC1CCN(c2ncccc2F)C1.I. The number of nitrogens with zero attached hydrogens (tertiary/aromatic N) is 5. The van der Waals surface area contributed by atoms with Gasteiger partial charge in [-0.05, 0) is 42.8 Å². The van der Waals surface area contributed by atoms with Crippen LogP contribution in [0.4, 0.5) is 10.2 Å². The molecule has 31 heavy (non-hydrogen) atoms. The van der Waals surface area contributed by atoms with Crippen LogP contribution in [0.1, 0.15) is 12.3 Å². The fourth-order valence-corrected chi connectivity index (χ4v) is 3.40. The van der Waals surface area contributed by atoms with Crippen molar-refractivity contribution >= 4 is 47.4 Å². The van der Waals surface area contributed by atoms with Gasteiger partial charge in [-0.15, -0.1) is 24.0 Å². The standard InChI is InChI=1S/C20H21ClFN7O.HI/c1-23-20(26-15-8-10-29(12-15)19-16(22)3-2-9-24-19)25-11-17-27-18(28-30-17)13-4-6-14(21)7-5-13;/h2-7,9,15H,8,10-12H2,1H3,(H2,23,25,26);1H. The van der Waals surface area contributed by atoms with E-state index in [0.717, 1.165) is 18.5 Å². The molecule has 11 heteroatoms. The van der Waals surface area contributed by atoms with Crippen molar-refractivity contribution in [2.75, 3.05) is 25.0 Å². The summed E-state index contributed by atoms with van der Waals surface area (Å²) in [5, 5.41) is 11.2. The molecule has 0 amide bonds. The third kappa shape index (κ3) is 5.82. The fraction of sp³-hybridized carbons (Fsp3) is 0.300. The highest BCUT2D eigenvalue weighted by Gasteiger charge is 2.26. The lowest BCUT2D eigenvalue weighted by molar-refractivity contribution is 0.375. The van der Waals surface area contributed by atoms with Crippen molar-refractivity contribution in [3.05, 3.63) is 59.3 Å². The van der Waals surface area contributed by atoms with Gasteiger partial charge in [0.25, 0.3) is 0 Å². The molecule has 0 saturated carbocycles. The zero-order valence-electron chi connectivity index (χ0n) is 16.8. The van der Waals surface area contributed by atoms with Crippen molar-refractivity contribution in [2.24, 2.45) is 4.99 Å². The lowest BCUT2D eigenvalue weighted by atomic mass is 10.2. The number of aromatic nitrogens is 3. The number of pyridine rings is 1. The average Bonchev–Trinajstić information content (AvgIpc) is 3.42. The smallest absolute Gasteiger partial charge is 0.246 e. The molecule has 1 aliphatic heterocycles. The van der Waals surface area contributed by atoms with Crippen LogP contribution in [-0.2, 0) is 6.54 Å². The molecule has 0 bridgehead atoms. The molecule has 1 unspecified atom stereocenters. The van der Waals surface area contributed by atoms with Crippen LogP contribution >= 0.6 is 35.6 Å². The van der Waals surface area contributed by atoms with Gasteiger partial charge in [-0.3, -0.25) is 4.99 Å². The number of benzene rings is 1. The van der Waals surface area contributed by atoms with Gasteiger partial charge in [0.05, 0.1) is 6.54 Å². The molecular formula is C20H22ClFIN7O. The van der Waals surface area contributed by atoms with Crippen LogP contribution in [-0.4, -0.2) is 47.3 Å². The monoisotopic (exact) mass is 557 g/mol. The molecule has 1 fully saturated rings. The minimum atomic E-state index is -0.312. The molecule has 0 radical (unpaired) electrons. The van der Waals surface area contributed by atoms with Gasteiger partial charge in [0, 0.05) is 43.0 Å². The predicted octanol–water partition coefficient (Wildman–Crippen LogP) is 3.49. The normalized spacial score (nSPS) is 16.2. The van der Waals surface area contributed by atoms with Gasteiger partial charge in [-0.1, -0.05) is 16.8 Å². The van der Waals surface area contributed by atoms with Crippen molar-refractivity contribution in [3.63, 3.8) is 0 Å². The lowest BCUT2D eigenvalue weighted by Gasteiger charge is -2.19. The minimum absolute atomic E-state index is 0. The first kappa shape index (κ1) is 23.2. The second-order valence-electron chi connectivity index (χ2n) is 6.83. The van der Waals surface area contributed by atoms with Crippen LogP contribution < -0.4 is 15.5 Å². The van der Waals surface area contributed by atoms with E-state index in [2.05, 4.69) is 30.8 Å². The molecule has 2 aromatic heterocycles. The fourth-order valence-electron chi connectivity index (χ4n) is 3.27. The first-order valence-electron chi connectivity index (χ1n) is 9.53. The number of hydrogen-bond donors (Lipinski definition) is 2. The topological polar surface area (TPSA) is 91.5 Å². The quantitative estimate of drug-likeness (QED) is 0.282. The molecule has 1 saturated heterocycles. The van der Waals surface area contributed by atoms with Crippen molar-refractivity contribution in [1.82, 2.24) is 25.8 Å². The molecule has 3 heterocycles. The zero-order valence-corrected chi connectivity index (χ0v) is 19.8. The summed E-state index contributed by atoms with van der Waals surface area (Å²) in [7, 11) is 1.69. The largest absolute Gasteiger partial charge is 0.352 e. The van der Waals surface area contributed by atoms with Crippen LogP contribution in [0.25, 0.3) is 11.4 Å². The predicted molar refractivity (Wildman–Crippen MR) is 128 cm³/mol. The Kier molecular flexibility index (Phi) is 8.02. The molecule has 1 aromatic carbocycles. The van der Waals surface area contributed by atoms with Gasteiger partial charge in [0.15, 0.2) is 17.6 Å². The third-order valence-corrected chi connectivity index (χ3v) is 5.02. The molecule has 3 aromatic rings. The summed E-state index contributed by atoms with van der Waals surface area (Å²) in [6.45, 7) is 1.68. The van der Waals surface area contributed by atoms with Crippen molar-refractivity contribution < 1.29 is 8.91 Å². The molecule has 8 nitrogen and oxygen atoms in total. The molecule has 0 spiro atoms. The molecule has 4 rings (SSSR count). The Hall–Kier alpha value is -2.47. The Morgan fingerprint density at radius 2 is 2.13 bits per heavy atom. The number of hydrogen-bond acceptors (Lipinski definition) is 6. The van der Waals surface area contributed by atoms with Gasteiger partial charge in [0.2, 0.25) is 11.7 Å². The van der Waals surface area contributed by atoms with Gasteiger partial charge in [-0.2, -0.15) is 4.98 Å². The maximum absolute atomic E-state index is 14.0. The maximum atomic E-state index is 14.0. The Labute approximate surface area is 201 Å². The molecule has 1 aliphatic rings. The number of nitrogens with one attached hydrogen (secondary N) is 2. The Balaban J connectivity index is 0.00000272. The maximum Gasteiger partial charge on any atom is 0.246 e. The van der Waals surface area contributed by atoms with Crippen LogP contribution in [0.5, 0.6) is 0 Å². The first-order chi connectivity index (χ1) is 14.6. The van der Waals surface area contributed by atoms with E-state index in [1.54, 1.807) is 31.4 Å². The van der Waals surface area contributed by atoms with Crippen molar-refractivity contribution in [1.29, 1.82) is 0 Å². The summed E-state index contributed by atoms with van der Waals surface area (Å²) in [4.78, 5) is 14.7. The minimum Gasteiger partial charge on any atom is -0.352 e. The number of rotatable bonds is 5. The molecule has 1 atom stereocenters. The van der Waals surface area contributed by atoms with Gasteiger partial charge >= 0.3 is 0 Å². The lowest BCUT2D eigenvalue weighted by Crippen LogP contribution is -2.44. The molecule has 0 aliphatic carbocycles. The van der Waals surface area contributed by atoms with Gasteiger partial charge in [0.1, 0.15) is 0 Å². The summed E-state index contributed by atoms with van der Waals surface area (Å²) in [5.41, 5.74) is 0.824. The van der Waals surface area contributed by atoms with Gasteiger partial charge in [-0.25, -0.2) is 9.37 Å². The highest BCUT2D eigenvalue weighted by atomic mass is 127. The van der Waals surface area contributed by atoms with E-state index in [9.17, 15) is 4.39 Å². The Bertz CT molecular complexity index is 1030. The summed E-state index contributed by atoms with van der Waals surface area (Å²) < 4.78 is 19.3. The van der Waals surface area contributed by atoms with E-state index in [-0.39, 0.29) is 35.8 Å². The molecule has 164 valence electrons. The van der Waals surface area contributed by atoms with Crippen LogP contribution in [0, 0.1) is 5.82 Å².